The number of rotatable bonds is 3. The highest BCUT2D eigenvalue weighted by Gasteiger charge is 2.26. The topological polar surface area (TPSA) is 88.9 Å². The van der Waals surface area contributed by atoms with E-state index in [1.165, 1.54) is 16.7 Å². The maximum absolute atomic E-state index is 14.9. The van der Waals surface area contributed by atoms with Crippen LogP contribution >= 0.6 is 11.6 Å². The number of pyridine rings is 1. The smallest absolute Gasteiger partial charge is 0.263 e. The van der Waals surface area contributed by atoms with E-state index >= 15 is 0 Å². The van der Waals surface area contributed by atoms with Gasteiger partial charge in [-0.2, -0.15) is 5.10 Å². The molecule has 164 valence electrons. The Morgan fingerprint density at radius 3 is 2.88 bits per heavy atom. The van der Waals surface area contributed by atoms with Crippen molar-refractivity contribution in [1.29, 1.82) is 0 Å². The molecule has 1 aliphatic rings. The summed E-state index contributed by atoms with van der Waals surface area (Å²) in [5, 5.41) is 7.33. The summed E-state index contributed by atoms with van der Waals surface area (Å²) < 4.78 is 22.2. The Hall–Kier alpha value is -3.30. The van der Waals surface area contributed by atoms with Crippen molar-refractivity contribution < 1.29 is 9.13 Å². The van der Waals surface area contributed by atoms with Gasteiger partial charge in [-0.3, -0.25) is 14.5 Å². The summed E-state index contributed by atoms with van der Waals surface area (Å²) in [6, 6.07) is 6.11. The van der Waals surface area contributed by atoms with Crippen LogP contribution in [0.2, 0.25) is 5.02 Å². The van der Waals surface area contributed by atoms with Crippen LogP contribution in [0.25, 0.3) is 22.2 Å². The van der Waals surface area contributed by atoms with Crippen molar-refractivity contribution in [2.24, 2.45) is 7.05 Å². The number of halogens is 2. The van der Waals surface area contributed by atoms with Gasteiger partial charge in [0.25, 0.3) is 5.56 Å². The van der Waals surface area contributed by atoms with Crippen molar-refractivity contribution in [3.63, 3.8) is 0 Å². The second-order valence-electron chi connectivity index (χ2n) is 7.71. The van der Waals surface area contributed by atoms with Crippen LogP contribution in [0.3, 0.4) is 0 Å². The molecule has 4 aromatic rings. The molecule has 1 N–H and O–H groups in total. The van der Waals surface area contributed by atoms with E-state index in [9.17, 15) is 9.18 Å². The van der Waals surface area contributed by atoms with Crippen LogP contribution in [0.15, 0.2) is 41.5 Å². The second-order valence-corrected chi connectivity index (χ2v) is 8.14. The van der Waals surface area contributed by atoms with Gasteiger partial charge in [0.15, 0.2) is 0 Å². The van der Waals surface area contributed by atoms with Gasteiger partial charge in [0.05, 0.1) is 29.4 Å². The summed E-state index contributed by atoms with van der Waals surface area (Å²) in [6.07, 6.45) is 3.34. The first-order valence-electron chi connectivity index (χ1n) is 10.1. The molecule has 0 bridgehead atoms. The molecule has 0 saturated carbocycles. The molecule has 10 heteroatoms. The Morgan fingerprint density at radius 1 is 1.28 bits per heavy atom. The summed E-state index contributed by atoms with van der Waals surface area (Å²) in [6.45, 7) is 3.38. The zero-order chi connectivity index (χ0) is 22.4. The van der Waals surface area contributed by atoms with Crippen molar-refractivity contribution in [3.05, 3.63) is 69.2 Å². The number of fused-ring (bicyclic) bond motifs is 1. The molecular formula is C22H20ClFN6O2. The minimum absolute atomic E-state index is 0.186. The summed E-state index contributed by atoms with van der Waals surface area (Å²) >= 11 is 5.95. The largest absolute Gasteiger partial charge is 0.370 e. The molecule has 1 aromatic carbocycles. The van der Waals surface area contributed by atoms with E-state index in [2.05, 4.69) is 15.2 Å². The molecule has 0 aliphatic carbocycles. The summed E-state index contributed by atoms with van der Waals surface area (Å²) in [5.41, 5.74) is 1.55. The maximum Gasteiger partial charge on any atom is 0.263 e. The van der Waals surface area contributed by atoms with Crippen molar-refractivity contribution in [2.45, 2.75) is 13.0 Å². The Morgan fingerprint density at radius 2 is 2.12 bits per heavy atom. The second kappa shape index (κ2) is 7.99. The standard InChI is InChI=1S/C22H20ClFN6O2/c1-12-27-17-8-19(30-5-6-32-18(11-30)13-9-25-26-10-13)28-21(20(17)22(31)29(12)2)15-4-3-14(23)7-16(15)24/h3-4,7-10,18H,5-6,11H2,1-2H3,(H,25,26). The monoisotopic (exact) mass is 454 g/mol. The molecule has 4 heterocycles. The van der Waals surface area contributed by atoms with Crippen molar-refractivity contribution in [3.8, 4) is 11.3 Å². The molecule has 1 unspecified atom stereocenters. The Bertz CT molecular complexity index is 1370. The van der Waals surface area contributed by atoms with E-state index in [1.807, 2.05) is 4.90 Å². The van der Waals surface area contributed by atoms with Gasteiger partial charge in [0.2, 0.25) is 0 Å². The van der Waals surface area contributed by atoms with Gasteiger partial charge in [-0.05, 0) is 25.1 Å². The third-order valence-corrected chi connectivity index (χ3v) is 5.97. The normalized spacial score (nSPS) is 16.6. The van der Waals surface area contributed by atoms with Crippen LogP contribution in [0.5, 0.6) is 0 Å². The van der Waals surface area contributed by atoms with Crippen molar-refractivity contribution >= 4 is 28.3 Å². The van der Waals surface area contributed by atoms with Gasteiger partial charge >= 0.3 is 0 Å². The number of hydrogen-bond acceptors (Lipinski definition) is 6. The number of aromatic amines is 1. The number of anilines is 1. The number of H-pyrrole nitrogens is 1. The first kappa shape index (κ1) is 20.6. The molecule has 0 amide bonds. The third kappa shape index (κ3) is 3.53. The lowest BCUT2D eigenvalue weighted by molar-refractivity contribution is 0.0395. The maximum atomic E-state index is 14.9. The Kier molecular flexibility index (Phi) is 5.15. The molecule has 0 radical (unpaired) electrons. The number of benzene rings is 1. The molecule has 1 fully saturated rings. The van der Waals surface area contributed by atoms with Crippen molar-refractivity contribution in [1.82, 2.24) is 24.7 Å². The summed E-state index contributed by atoms with van der Waals surface area (Å²) in [7, 11) is 1.64. The van der Waals surface area contributed by atoms with Gasteiger partial charge < -0.3 is 9.64 Å². The summed E-state index contributed by atoms with van der Waals surface area (Å²) in [5.74, 6) is 0.601. The highest BCUT2D eigenvalue weighted by Crippen LogP contribution is 2.32. The third-order valence-electron chi connectivity index (χ3n) is 5.74. The van der Waals surface area contributed by atoms with Gasteiger partial charge in [0, 0.05) is 48.5 Å². The van der Waals surface area contributed by atoms with E-state index in [-0.39, 0.29) is 33.3 Å². The molecule has 0 spiro atoms. The number of nitrogens with one attached hydrogen (secondary N) is 1. The van der Waals surface area contributed by atoms with Crippen LogP contribution in [-0.2, 0) is 11.8 Å². The molecule has 3 aromatic heterocycles. The molecule has 1 saturated heterocycles. The highest BCUT2D eigenvalue weighted by molar-refractivity contribution is 6.30. The Balaban J connectivity index is 1.69. The van der Waals surface area contributed by atoms with Crippen LogP contribution in [0.4, 0.5) is 10.2 Å². The van der Waals surface area contributed by atoms with Crippen LogP contribution in [0.1, 0.15) is 17.5 Å². The van der Waals surface area contributed by atoms with E-state index in [4.69, 9.17) is 21.3 Å². The van der Waals surface area contributed by atoms with Gasteiger partial charge in [0.1, 0.15) is 23.6 Å². The van der Waals surface area contributed by atoms with Gasteiger partial charge in [-0.1, -0.05) is 11.6 Å². The first-order chi connectivity index (χ1) is 15.4. The number of hydrogen-bond donors (Lipinski definition) is 1. The molecular weight excluding hydrogens is 435 g/mol. The molecule has 1 atom stereocenters. The van der Waals surface area contributed by atoms with E-state index in [0.29, 0.717) is 36.9 Å². The average Bonchev–Trinajstić information content (AvgIpc) is 3.32. The quantitative estimate of drug-likeness (QED) is 0.510. The first-order valence-corrected chi connectivity index (χ1v) is 10.5. The van der Waals surface area contributed by atoms with E-state index in [0.717, 1.165) is 5.56 Å². The lowest BCUT2D eigenvalue weighted by Gasteiger charge is -2.33. The van der Waals surface area contributed by atoms with Crippen LogP contribution in [0, 0.1) is 12.7 Å². The number of ether oxygens (including phenoxy) is 1. The number of morpholine rings is 1. The zero-order valence-corrected chi connectivity index (χ0v) is 18.2. The SMILES string of the molecule is Cc1nc2cc(N3CCOC(c4cn[nH]c4)C3)nc(-c3ccc(Cl)cc3F)c2c(=O)n1C. The molecule has 8 nitrogen and oxygen atoms in total. The number of nitrogens with zero attached hydrogens (tertiary/aromatic N) is 5. The van der Waals surface area contributed by atoms with E-state index in [1.54, 1.807) is 38.5 Å². The predicted octanol–water partition coefficient (Wildman–Crippen LogP) is 3.40. The predicted molar refractivity (Wildman–Crippen MR) is 119 cm³/mol. The number of aromatic nitrogens is 5. The van der Waals surface area contributed by atoms with Gasteiger partial charge in [-0.15, -0.1) is 0 Å². The van der Waals surface area contributed by atoms with Crippen LogP contribution < -0.4 is 10.5 Å². The molecule has 1 aliphatic heterocycles. The Labute approximate surface area is 187 Å². The van der Waals surface area contributed by atoms with Gasteiger partial charge in [-0.25, -0.2) is 14.4 Å². The zero-order valence-electron chi connectivity index (χ0n) is 17.5. The molecule has 32 heavy (non-hydrogen) atoms. The van der Waals surface area contributed by atoms with Crippen molar-refractivity contribution in [2.75, 3.05) is 24.6 Å². The minimum atomic E-state index is -0.552. The highest BCUT2D eigenvalue weighted by atomic mass is 35.5. The fraction of sp³-hybridized carbons (Fsp3) is 0.273. The lowest BCUT2D eigenvalue weighted by atomic mass is 10.1. The molecule has 5 rings (SSSR count). The van der Waals surface area contributed by atoms with Crippen LogP contribution in [-0.4, -0.2) is 44.4 Å². The fourth-order valence-electron chi connectivity index (χ4n) is 3.92. The minimum Gasteiger partial charge on any atom is -0.370 e. The van der Waals surface area contributed by atoms with E-state index < -0.39 is 5.82 Å². The average molecular weight is 455 g/mol. The summed E-state index contributed by atoms with van der Waals surface area (Å²) in [4.78, 5) is 24.5. The number of aryl methyl sites for hydroxylation is 1. The fourth-order valence-corrected chi connectivity index (χ4v) is 4.07. The lowest BCUT2D eigenvalue weighted by Crippen LogP contribution is -2.39.